The van der Waals surface area contributed by atoms with E-state index < -0.39 is 0 Å². The summed E-state index contributed by atoms with van der Waals surface area (Å²) in [5.74, 6) is 0.0540. The summed E-state index contributed by atoms with van der Waals surface area (Å²) in [6.45, 7) is 1.41. The van der Waals surface area contributed by atoms with Crippen LogP contribution in [0.2, 0.25) is 0 Å². The van der Waals surface area contributed by atoms with Gasteiger partial charge in [-0.3, -0.25) is 4.79 Å². The van der Waals surface area contributed by atoms with Gasteiger partial charge in [0, 0.05) is 26.4 Å². The lowest BCUT2D eigenvalue weighted by Crippen LogP contribution is -2.54. The Kier molecular flexibility index (Phi) is 2.06. The summed E-state index contributed by atoms with van der Waals surface area (Å²) >= 11 is 0. The van der Waals surface area contributed by atoms with Crippen molar-refractivity contribution in [1.82, 2.24) is 9.88 Å². The first-order chi connectivity index (χ1) is 6.31. The predicted octanol–water partition coefficient (Wildman–Crippen LogP) is 0.486. The zero-order valence-corrected chi connectivity index (χ0v) is 7.49. The van der Waals surface area contributed by atoms with Gasteiger partial charge in [0.1, 0.15) is 5.69 Å². The zero-order chi connectivity index (χ0) is 9.26. The summed E-state index contributed by atoms with van der Waals surface area (Å²) < 4.78 is 5.08. The number of carbonyl (C=O) groups excluding carboxylic acids is 1. The summed E-state index contributed by atoms with van der Waals surface area (Å²) in [4.78, 5) is 16.2. The number of hydrogen-bond donors (Lipinski definition) is 1. The molecule has 1 fully saturated rings. The lowest BCUT2D eigenvalue weighted by Gasteiger charge is -2.37. The van der Waals surface area contributed by atoms with Gasteiger partial charge in [-0.05, 0) is 12.1 Å². The van der Waals surface area contributed by atoms with Crippen LogP contribution in [-0.2, 0) is 4.74 Å². The van der Waals surface area contributed by atoms with Crippen LogP contribution in [-0.4, -0.2) is 42.1 Å². The quantitative estimate of drug-likeness (QED) is 0.719. The van der Waals surface area contributed by atoms with Crippen LogP contribution in [0.15, 0.2) is 18.3 Å². The Morgan fingerprint density at radius 1 is 1.69 bits per heavy atom. The van der Waals surface area contributed by atoms with Gasteiger partial charge in [-0.1, -0.05) is 0 Å². The van der Waals surface area contributed by atoms with E-state index in [1.54, 1.807) is 24.3 Å². The summed E-state index contributed by atoms with van der Waals surface area (Å²) in [7, 11) is 1.67. The number of amides is 1. The number of methoxy groups -OCH3 is 1. The normalized spacial score (nSPS) is 17.2. The van der Waals surface area contributed by atoms with E-state index in [4.69, 9.17) is 4.74 Å². The minimum atomic E-state index is 0.0540. The molecule has 0 saturated carbocycles. The van der Waals surface area contributed by atoms with Crippen LogP contribution in [0.1, 0.15) is 10.5 Å². The van der Waals surface area contributed by atoms with Crippen molar-refractivity contribution in [1.29, 1.82) is 0 Å². The number of likely N-dealkylation sites (tertiary alicyclic amines) is 1. The second-order valence-corrected chi connectivity index (χ2v) is 3.15. The average Bonchev–Trinajstić information content (AvgIpc) is 2.53. The van der Waals surface area contributed by atoms with E-state index in [-0.39, 0.29) is 12.0 Å². The fraction of sp³-hybridized carbons (Fsp3) is 0.444. The molecule has 1 N–H and O–H groups in total. The molecule has 13 heavy (non-hydrogen) atoms. The minimum absolute atomic E-state index is 0.0540. The molecular weight excluding hydrogens is 168 g/mol. The minimum Gasteiger partial charge on any atom is -0.378 e. The number of H-pyrrole nitrogens is 1. The molecule has 1 aliphatic rings. The zero-order valence-electron chi connectivity index (χ0n) is 7.49. The largest absolute Gasteiger partial charge is 0.378 e. The van der Waals surface area contributed by atoms with Crippen LogP contribution < -0.4 is 0 Å². The number of carbonyl (C=O) groups is 1. The number of ether oxygens (including phenoxy) is 1. The Morgan fingerprint density at radius 3 is 3.00 bits per heavy atom. The van der Waals surface area contributed by atoms with Gasteiger partial charge in [0.2, 0.25) is 0 Å². The van der Waals surface area contributed by atoms with Crippen molar-refractivity contribution < 1.29 is 9.53 Å². The highest BCUT2D eigenvalue weighted by atomic mass is 16.5. The number of hydrogen-bond acceptors (Lipinski definition) is 2. The Bertz CT molecular complexity index is 289. The third-order valence-electron chi connectivity index (χ3n) is 2.30. The third-order valence-corrected chi connectivity index (χ3v) is 2.30. The van der Waals surface area contributed by atoms with Crippen molar-refractivity contribution >= 4 is 5.91 Å². The fourth-order valence-electron chi connectivity index (χ4n) is 1.39. The van der Waals surface area contributed by atoms with Gasteiger partial charge in [-0.15, -0.1) is 0 Å². The number of rotatable bonds is 2. The standard InChI is InChI=1S/C9H12N2O2/c1-13-7-5-11(6-7)9(12)8-3-2-4-10-8/h2-4,7,10H,5-6H2,1H3. The fourth-order valence-corrected chi connectivity index (χ4v) is 1.39. The van der Waals surface area contributed by atoms with Gasteiger partial charge >= 0.3 is 0 Å². The van der Waals surface area contributed by atoms with Crippen LogP contribution in [0.25, 0.3) is 0 Å². The first-order valence-electron chi connectivity index (χ1n) is 4.26. The molecule has 1 aliphatic heterocycles. The summed E-state index contributed by atoms with van der Waals surface area (Å²) in [6.07, 6.45) is 1.97. The lowest BCUT2D eigenvalue weighted by molar-refractivity contribution is -0.0194. The second-order valence-electron chi connectivity index (χ2n) is 3.15. The van der Waals surface area contributed by atoms with Crippen molar-refractivity contribution in [2.24, 2.45) is 0 Å². The second kappa shape index (κ2) is 3.22. The van der Waals surface area contributed by atoms with Crippen molar-refractivity contribution in [2.75, 3.05) is 20.2 Å². The topological polar surface area (TPSA) is 45.3 Å². The highest BCUT2D eigenvalue weighted by Crippen LogP contribution is 2.13. The average molecular weight is 180 g/mol. The van der Waals surface area contributed by atoms with E-state index in [0.29, 0.717) is 18.8 Å². The summed E-state index contributed by atoms with van der Waals surface area (Å²) in [5, 5.41) is 0. The van der Waals surface area contributed by atoms with Gasteiger partial charge in [0.05, 0.1) is 6.10 Å². The van der Waals surface area contributed by atoms with Crippen LogP contribution >= 0.6 is 0 Å². The third kappa shape index (κ3) is 1.45. The molecule has 0 atom stereocenters. The maximum atomic E-state index is 11.6. The molecule has 4 nitrogen and oxygen atoms in total. The molecule has 2 heterocycles. The van der Waals surface area contributed by atoms with Crippen LogP contribution in [0.5, 0.6) is 0 Å². The number of nitrogens with one attached hydrogen (secondary N) is 1. The highest BCUT2D eigenvalue weighted by molar-refractivity contribution is 5.93. The first kappa shape index (κ1) is 8.31. The molecule has 0 bridgehead atoms. The van der Waals surface area contributed by atoms with Crippen LogP contribution in [0, 0.1) is 0 Å². The predicted molar refractivity (Wildman–Crippen MR) is 47.5 cm³/mol. The first-order valence-corrected chi connectivity index (χ1v) is 4.26. The molecule has 0 spiro atoms. The van der Waals surface area contributed by atoms with Crippen LogP contribution in [0.3, 0.4) is 0 Å². The Morgan fingerprint density at radius 2 is 2.46 bits per heavy atom. The van der Waals surface area contributed by atoms with E-state index in [0.717, 1.165) is 0 Å². The number of aromatic amines is 1. The maximum Gasteiger partial charge on any atom is 0.270 e. The SMILES string of the molecule is COC1CN(C(=O)c2ccc[nH]2)C1. The molecule has 0 unspecified atom stereocenters. The molecule has 4 heteroatoms. The molecule has 0 aromatic carbocycles. The Labute approximate surface area is 76.5 Å². The molecular formula is C9H12N2O2. The van der Waals surface area contributed by atoms with Crippen molar-refractivity contribution in [3.05, 3.63) is 24.0 Å². The van der Waals surface area contributed by atoms with Gasteiger partial charge in [0.25, 0.3) is 5.91 Å². The molecule has 1 aromatic rings. The van der Waals surface area contributed by atoms with Gasteiger partial charge in [0.15, 0.2) is 0 Å². The molecule has 0 radical (unpaired) electrons. The lowest BCUT2D eigenvalue weighted by atomic mass is 10.1. The highest BCUT2D eigenvalue weighted by Gasteiger charge is 2.31. The summed E-state index contributed by atoms with van der Waals surface area (Å²) in [5.41, 5.74) is 0.648. The smallest absolute Gasteiger partial charge is 0.270 e. The maximum absolute atomic E-state index is 11.6. The van der Waals surface area contributed by atoms with Gasteiger partial charge in [-0.25, -0.2) is 0 Å². The Hall–Kier alpha value is -1.29. The number of aromatic nitrogens is 1. The molecule has 1 amide bonds. The molecule has 2 rings (SSSR count). The van der Waals surface area contributed by atoms with Gasteiger partial charge in [-0.2, -0.15) is 0 Å². The van der Waals surface area contributed by atoms with Gasteiger partial charge < -0.3 is 14.6 Å². The van der Waals surface area contributed by atoms with E-state index in [9.17, 15) is 4.79 Å². The van der Waals surface area contributed by atoms with Crippen LogP contribution in [0.4, 0.5) is 0 Å². The molecule has 1 saturated heterocycles. The summed E-state index contributed by atoms with van der Waals surface area (Å²) in [6, 6.07) is 3.60. The van der Waals surface area contributed by atoms with Crippen molar-refractivity contribution in [3.8, 4) is 0 Å². The van der Waals surface area contributed by atoms with E-state index in [2.05, 4.69) is 4.98 Å². The van der Waals surface area contributed by atoms with Crippen molar-refractivity contribution in [2.45, 2.75) is 6.10 Å². The Balaban J connectivity index is 1.94. The van der Waals surface area contributed by atoms with E-state index in [1.807, 2.05) is 6.07 Å². The molecule has 70 valence electrons. The monoisotopic (exact) mass is 180 g/mol. The van der Waals surface area contributed by atoms with Crippen molar-refractivity contribution in [3.63, 3.8) is 0 Å². The van der Waals surface area contributed by atoms with E-state index in [1.165, 1.54) is 0 Å². The molecule has 0 aliphatic carbocycles. The van der Waals surface area contributed by atoms with E-state index >= 15 is 0 Å². The number of nitrogens with zero attached hydrogens (tertiary/aromatic N) is 1. The molecule has 1 aromatic heterocycles.